The van der Waals surface area contributed by atoms with Gasteiger partial charge < -0.3 is 25.6 Å². The third-order valence-electron chi connectivity index (χ3n) is 6.84. The Bertz CT molecular complexity index is 1720. The van der Waals surface area contributed by atoms with Crippen molar-refractivity contribution in [1.29, 1.82) is 0 Å². The number of nitrogens with zero attached hydrogens (tertiary/aromatic N) is 4. The van der Waals surface area contributed by atoms with E-state index < -0.39 is 12.2 Å². The Morgan fingerprint density at radius 1 is 0.767 bits per heavy atom. The minimum atomic E-state index is -0.447. The molecule has 5 rings (SSSR count). The minimum Gasteiger partial charge on any atom is -0.481 e. The van der Waals surface area contributed by atoms with Gasteiger partial charge in [0.1, 0.15) is 0 Å². The highest BCUT2D eigenvalue weighted by Gasteiger charge is 2.18. The Morgan fingerprint density at radius 2 is 1.35 bits per heavy atom. The fourth-order valence-corrected chi connectivity index (χ4v) is 5.44. The highest BCUT2D eigenvalue weighted by Crippen LogP contribution is 2.42. The predicted molar refractivity (Wildman–Crippen MR) is 170 cm³/mol. The Balaban J connectivity index is 1.44. The number of methoxy groups -OCH3 is 1. The molecule has 0 aliphatic rings. The zero-order valence-corrected chi connectivity index (χ0v) is 25.7. The van der Waals surface area contributed by atoms with Gasteiger partial charge in [0.15, 0.2) is 5.65 Å². The molecule has 2 aromatic carbocycles. The second-order valence-corrected chi connectivity index (χ2v) is 11.2. The van der Waals surface area contributed by atoms with E-state index in [1.807, 2.05) is 66.9 Å². The number of hydrogen-bond donors (Lipinski definition) is 4. The van der Waals surface area contributed by atoms with Crippen molar-refractivity contribution < 1.29 is 14.9 Å². The molecule has 2 atom stereocenters. The topological polar surface area (TPSA) is 117 Å². The molecule has 0 amide bonds. The van der Waals surface area contributed by atoms with Gasteiger partial charge in [-0.25, -0.2) is 14.5 Å². The quantitative estimate of drug-likeness (QED) is 0.147. The zero-order chi connectivity index (χ0) is 30.5. The number of hydrogen-bond acceptors (Lipinski definition) is 8. The summed E-state index contributed by atoms with van der Waals surface area (Å²) in [5.74, 6) is 0.486. The van der Waals surface area contributed by atoms with Crippen LogP contribution in [-0.4, -0.2) is 62.2 Å². The van der Waals surface area contributed by atoms with Gasteiger partial charge in [0, 0.05) is 54.0 Å². The third-order valence-corrected chi connectivity index (χ3v) is 7.66. The fraction of sp³-hybridized carbons (Fsp3) is 0.281. The van der Waals surface area contributed by atoms with E-state index in [4.69, 9.17) is 38.0 Å². The van der Waals surface area contributed by atoms with Gasteiger partial charge in [0.2, 0.25) is 5.88 Å². The number of aliphatic hydroxyl groups is 2. The summed E-state index contributed by atoms with van der Waals surface area (Å²) in [7, 11) is 1.58. The zero-order valence-electron chi connectivity index (χ0n) is 24.2. The normalized spacial score (nSPS) is 12.9. The van der Waals surface area contributed by atoms with E-state index in [9.17, 15) is 10.2 Å². The SMILES string of the molecule is COc1nc(-c2cccc(-c3cccc(-c4ccc5nc(CNC[C@@H](C)O)cn5n4)c3Cl)c2Cl)ccc1CNC[C@@H](C)O. The first-order valence-electron chi connectivity index (χ1n) is 14.0. The van der Waals surface area contributed by atoms with Gasteiger partial charge in [0.25, 0.3) is 0 Å². The average Bonchev–Trinajstić information content (AvgIpc) is 3.39. The maximum atomic E-state index is 9.54. The lowest BCUT2D eigenvalue weighted by atomic mass is 9.98. The van der Waals surface area contributed by atoms with Crippen LogP contribution in [0.4, 0.5) is 0 Å². The summed E-state index contributed by atoms with van der Waals surface area (Å²) < 4.78 is 7.29. The van der Waals surface area contributed by atoms with E-state index in [1.165, 1.54) is 0 Å². The molecule has 3 aromatic heterocycles. The lowest BCUT2D eigenvalue weighted by Gasteiger charge is -2.15. The van der Waals surface area contributed by atoms with E-state index in [0.29, 0.717) is 59.1 Å². The van der Waals surface area contributed by atoms with Gasteiger partial charge >= 0.3 is 0 Å². The molecule has 224 valence electrons. The van der Waals surface area contributed by atoms with Crippen LogP contribution in [-0.2, 0) is 13.1 Å². The molecular formula is C32H34Cl2N6O3. The highest BCUT2D eigenvalue weighted by molar-refractivity contribution is 6.39. The number of ether oxygens (including phenoxy) is 1. The van der Waals surface area contributed by atoms with Gasteiger partial charge in [-0.15, -0.1) is 0 Å². The van der Waals surface area contributed by atoms with Crippen molar-refractivity contribution in [3.63, 3.8) is 0 Å². The number of halogens is 2. The largest absolute Gasteiger partial charge is 0.481 e. The molecule has 0 spiro atoms. The number of aliphatic hydroxyl groups excluding tert-OH is 2. The van der Waals surface area contributed by atoms with Crippen molar-refractivity contribution in [2.45, 2.75) is 39.1 Å². The third kappa shape index (κ3) is 7.15. The molecule has 0 unspecified atom stereocenters. The van der Waals surface area contributed by atoms with Crippen molar-refractivity contribution in [2.24, 2.45) is 0 Å². The lowest BCUT2D eigenvalue weighted by molar-refractivity contribution is 0.190. The van der Waals surface area contributed by atoms with E-state index in [-0.39, 0.29) is 0 Å². The summed E-state index contributed by atoms with van der Waals surface area (Å²) in [6, 6.07) is 19.2. The van der Waals surface area contributed by atoms with E-state index in [0.717, 1.165) is 33.5 Å². The summed E-state index contributed by atoms with van der Waals surface area (Å²) in [5, 5.41) is 31.2. The molecule has 3 heterocycles. The van der Waals surface area contributed by atoms with Crippen LogP contribution >= 0.6 is 23.2 Å². The van der Waals surface area contributed by atoms with Gasteiger partial charge in [-0.05, 0) is 32.0 Å². The van der Waals surface area contributed by atoms with Crippen molar-refractivity contribution in [1.82, 2.24) is 30.2 Å². The molecule has 11 heteroatoms. The van der Waals surface area contributed by atoms with E-state index in [1.54, 1.807) is 25.5 Å². The van der Waals surface area contributed by atoms with Crippen LogP contribution in [0.25, 0.3) is 39.3 Å². The van der Waals surface area contributed by atoms with Crippen LogP contribution in [0.1, 0.15) is 25.1 Å². The Labute approximate surface area is 260 Å². The second kappa shape index (κ2) is 13.8. The maximum absolute atomic E-state index is 9.54. The maximum Gasteiger partial charge on any atom is 0.218 e. The molecule has 0 radical (unpaired) electrons. The van der Waals surface area contributed by atoms with Crippen molar-refractivity contribution in [3.8, 4) is 39.5 Å². The van der Waals surface area contributed by atoms with E-state index >= 15 is 0 Å². The Morgan fingerprint density at radius 3 is 1.98 bits per heavy atom. The molecule has 5 aromatic rings. The van der Waals surface area contributed by atoms with Gasteiger partial charge in [-0.1, -0.05) is 65.7 Å². The highest BCUT2D eigenvalue weighted by atomic mass is 35.5. The number of rotatable bonds is 12. The molecule has 0 bridgehead atoms. The van der Waals surface area contributed by atoms with Gasteiger partial charge in [-0.2, -0.15) is 5.10 Å². The van der Waals surface area contributed by atoms with Crippen LogP contribution in [0.3, 0.4) is 0 Å². The standard InChI is InChI=1S/C32H34Cl2N6O3/c1-19(41)14-35-16-21-10-11-27(38-32(21)43-3)25-8-4-6-23(30(25)33)24-7-5-9-26(31(24)34)28-12-13-29-37-22(18-40(29)39-28)17-36-15-20(2)42/h4-13,18-20,35-36,41-42H,14-17H2,1-3H3/t19-,20-/m1/s1. The predicted octanol–water partition coefficient (Wildman–Crippen LogP) is 5.38. The smallest absolute Gasteiger partial charge is 0.218 e. The monoisotopic (exact) mass is 620 g/mol. The molecule has 43 heavy (non-hydrogen) atoms. The molecule has 0 fully saturated rings. The number of nitrogens with one attached hydrogen (secondary N) is 2. The average molecular weight is 622 g/mol. The van der Waals surface area contributed by atoms with Crippen molar-refractivity contribution >= 4 is 28.8 Å². The molecule has 0 aliphatic carbocycles. The fourth-order valence-electron chi connectivity index (χ4n) is 4.79. The first-order valence-corrected chi connectivity index (χ1v) is 14.8. The van der Waals surface area contributed by atoms with Gasteiger partial charge in [-0.3, -0.25) is 0 Å². The van der Waals surface area contributed by atoms with Crippen LogP contribution < -0.4 is 15.4 Å². The van der Waals surface area contributed by atoms with Crippen LogP contribution in [0.15, 0.2) is 66.9 Å². The number of imidazole rings is 1. The summed E-state index contributed by atoms with van der Waals surface area (Å²) in [4.78, 5) is 9.32. The van der Waals surface area contributed by atoms with Gasteiger partial charge in [0.05, 0.1) is 52.6 Å². The first kappa shape index (κ1) is 30.9. The summed E-state index contributed by atoms with van der Waals surface area (Å²) in [6.07, 6.45) is 0.985. The molecule has 9 nitrogen and oxygen atoms in total. The summed E-state index contributed by atoms with van der Waals surface area (Å²) >= 11 is 14.0. The second-order valence-electron chi connectivity index (χ2n) is 10.4. The molecule has 0 aliphatic heterocycles. The summed E-state index contributed by atoms with van der Waals surface area (Å²) in [5.41, 5.74) is 6.82. The first-order chi connectivity index (χ1) is 20.7. The molecule has 4 N–H and O–H groups in total. The number of benzene rings is 2. The van der Waals surface area contributed by atoms with Crippen molar-refractivity contribution in [2.75, 3.05) is 20.2 Å². The van der Waals surface area contributed by atoms with Crippen LogP contribution in [0.5, 0.6) is 5.88 Å². The molecular weight excluding hydrogens is 587 g/mol. The summed E-state index contributed by atoms with van der Waals surface area (Å²) in [6.45, 7) is 5.45. The minimum absolute atomic E-state index is 0.431. The number of aromatic nitrogens is 4. The van der Waals surface area contributed by atoms with Crippen molar-refractivity contribution in [3.05, 3.63) is 88.2 Å². The van der Waals surface area contributed by atoms with E-state index in [2.05, 4.69) is 15.6 Å². The Hall–Kier alpha value is -3.57. The molecule has 0 saturated carbocycles. The number of pyridine rings is 1. The van der Waals surface area contributed by atoms with Crippen LogP contribution in [0, 0.1) is 0 Å². The van der Waals surface area contributed by atoms with Crippen LogP contribution in [0.2, 0.25) is 10.0 Å². The number of fused-ring (bicyclic) bond motifs is 1. The molecule has 0 saturated heterocycles. The lowest BCUT2D eigenvalue weighted by Crippen LogP contribution is -2.24. The Kier molecular flexibility index (Phi) is 9.92.